The average Bonchev–Trinajstić information content (AvgIpc) is 3.22. The van der Waals surface area contributed by atoms with Crippen LogP contribution in [0.2, 0.25) is 0 Å². The van der Waals surface area contributed by atoms with Gasteiger partial charge in [-0.2, -0.15) is 0 Å². The number of nitrogens with zero attached hydrogens (tertiary/aromatic N) is 2. The van der Waals surface area contributed by atoms with Gasteiger partial charge in [-0.1, -0.05) is 35.9 Å². The molecular weight excluding hydrogens is 388 g/mol. The third kappa shape index (κ3) is 6.69. The van der Waals surface area contributed by atoms with Crippen LogP contribution in [0.1, 0.15) is 16.0 Å². The zero-order valence-electron chi connectivity index (χ0n) is 16.5. The fourth-order valence-corrected chi connectivity index (χ4v) is 3.79. The number of aryl methyl sites for hydroxylation is 1. The normalized spacial score (nSPS) is 14.4. The van der Waals surface area contributed by atoms with E-state index in [4.69, 9.17) is 0 Å². The van der Waals surface area contributed by atoms with Crippen LogP contribution >= 0.6 is 11.3 Å². The molecule has 0 saturated carbocycles. The van der Waals surface area contributed by atoms with E-state index in [-0.39, 0.29) is 18.4 Å². The summed E-state index contributed by atoms with van der Waals surface area (Å²) in [5.41, 5.74) is 2.18. The number of urea groups is 1. The minimum absolute atomic E-state index is 0.103. The summed E-state index contributed by atoms with van der Waals surface area (Å²) in [4.78, 5) is 41.2. The first kappa shape index (κ1) is 21.0. The molecule has 2 aromatic rings. The fraction of sp³-hybridized carbons (Fsp3) is 0.381. The van der Waals surface area contributed by atoms with Crippen LogP contribution in [0.25, 0.3) is 0 Å². The standard InChI is InChI=1S/C21H26N4O3S/c1-16-4-6-17(7-5-16)13-20(27)25-10-8-24(9-11-25)15-19(26)23-21(28)22-14-18-3-2-12-29-18/h2-7,12H,8-11,13-15H2,1H3,(H2,22,23,26,28). The Labute approximate surface area is 174 Å². The maximum absolute atomic E-state index is 12.5. The summed E-state index contributed by atoms with van der Waals surface area (Å²) in [6.07, 6.45) is 0.394. The molecule has 1 aromatic carbocycles. The first-order valence-corrected chi connectivity index (χ1v) is 10.5. The first-order valence-electron chi connectivity index (χ1n) is 9.65. The highest BCUT2D eigenvalue weighted by Crippen LogP contribution is 2.09. The molecule has 0 spiro atoms. The minimum atomic E-state index is -0.490. The van der Waals surface area contributed by atoms with E-state index in [0.717, 1.165) is 10.4 Å². The summed E-state index contributed by atoms with van der Waals surface area (Å²) in [5.74, 6) is -0.237. The number of benzene rings is 1. The first-order chi connectivity index (χ1) is 14.0. The Morgan fingerprint density at radius 3 is 2.41 bits per heavy atom. The summed E-state index contributed by atoms with van der Waals surface area (Å²) in [5, 5.41) is 6.96. The van der Waals surface area contributed by atoms with Gasteiger partial charge in [0.1, 0.15) is 0 Å². The number of imide groups is 1. The van der Waals surface area contributed by atoms with Crippen LogP contribution in [0.3, 0.4) is 0 Å². The molecule has 4 amide bonds. The maximum Gasteiger partial charge on any atom is 0.321 e. The number of hydrogen-bond donors (Lipinski definition) is 2. The smallest absolute Gasteiger partial charge is 0.321 e. The Morgan fingerprint density at radius 1 is 1.03 bits per heavy atom. The van der Waals surface area contributed by atoms with Crippen molar-refractivity contribution in [2.75, 3.05) is 32.7 Å². The predicted octanol–water partition coefficient (Wildman–Crippen LogP) is 1.77. The SMILES string of the molecule is Cc1ccc(CC(=O)N2CCN(CC(=O)NC(=O)NCc3cccs3)CC2)cc1. The van der Waals surface area contributed by atoms with Crippen molar-refractivity contribution in [1.29, 1.82) is 0 Å². The lowest BCUT2D eigenvalue weighted by molar-refractivity contribution is -0.132. The Hall–Kier alpha value is -2.71. The minimum Gasteiger partial charge on any atom is -0.340 e. The number of amides is 4. The van der Waals surface area contributed by atoms with Gasteiger partial charge >= 0.3 is 6.03 Å². The number of hydrogen-bond acceptors (Lipinski definition) is 5. The monoisotopic (exact) mass is 414 g/mol. The molecule has 0 aliphatic carbocycles. The lowest BCUT2D eigenvalue weighted by Gasteiger charge is -2.34. The average molecular weight is 415 g/mol. The molecular formula is C21H26N4O3S. The van der Waals surface area contributed by atoms with Crippen LogP contribution < -0.4 is 10.6 Å². The van der Waals surface area contributed by atoms with Crippen LogP contribution in [0, 0.1) is 6.92 Å². The van der Waals surface area contributed by atoms with E-state index in [1.54, 1.807) is 11.3 Å². The fourth-order valence-electron chi connectivity index (χ4n) is 3.14. The van der Waals surface area contributed by atoms with Crippen molar-refractivity contribution in [3.63, 3.8) is 0 Å². The highest BCUT2D eigenvalue weighted by atomic mass is 32.1. The molecule has 0 atom stereocenters. The van der Waals surface area contributed by atoms with Gasteiger partial charge in [-0.15, -0.1) is 11.3 Å². The molecule has 8 heteroatoms. The van der Waals surface area contributed by atoms with E-state index in [2.05, 4.69) is 10.6 Å². The second-order valence-corrected chi connectivity index (χ2v) is 8.16. The summed E-state index contributed by atoms with van der Waals surface area (Å²) in [6.45, 7) is 4.97. The van der Waals surface area contributed by atoms with Gasteiger partial charge in [0.05, 0.1) is 19.5 Å². The molecule has 3 rings (SSSR count). The van der Waals surface area contributed by atoms with Crippen LogP contribution in [0.15, 0.2) is 41.8 Å². The Bertz CT molecular complexity index is 828. The van der Waals surface area contributed by atoms with Gasteiger partial charge in [0.15, 0.2) is 0 Å². The molecule has 1 aromatic heterocycles. The summed E-state index contributed by atoms with van der Waals surface area (Å²) < 4.78 is 0. The third-order valence-electron chi connectivity index (χ3n) is 4.82. The number of piperazine rings is 1. The molecule has 154 valence electrons. The van der Waals surface area contributed by atoms with E-state index in [9.17, 15) is 14.4 Å². The summed E-state index contributed by atoms with van der Waals surface area (Å²) >= 11 is 1.55. The predicted molar refractivity (Wildman–Crippen MR) is 113 cm³/mol. The molecule has 2 heterocycles. The van der Waals surface area contributed by atoms with Gasteiger partial charge in [0.25, 0.3) is 0 Å². The summed E-state index contributed by atoms with van der Waals surface area (Å²) in [7, 11) is 0. The van der Waals surface area contributed by atoms with E-state index < -0.39 is 6.03 Å². The van der Waals surface area contributed by atoms with Crippen LogP contribution in [0.4, 0.5) is 4.79 Å². The number of nitrogens with one attached hydrogen (secondary N) is 2. The van der Waals surface area contributed by atoms with Gasteiger partial charge < -0.3 is 10.2 Å². The number of rotatable bonds is 6. The van der Waals surface area contributed by atoms with Crippen LogP contribution in [0.5, 0.6) is 0 Å². The highest BCUT2D eigenvalue weighted by Gasteiger charge is 2.23. The van der Waals surface area contributed by atoms with Crippen molar-refractivity contribution >= 4 is 29.2 Å². The van der Waals surface area contributed by atoms with Gasteiger partial charge in [-0.25, -0.2) is 4.79 Å². The highest BCUT2D eigenvalue weighted by molar-refractivity contribution is 7.09. The van der Waals surface area contributed by atoms with E-state index >= 15 is 0 Å². The zero-order chi connectivity index (χ0) is 20.6. The molecule has 0 bridgehead atoms. The molecule has 2 N–H and O–H groups in total. The van der Waals surface area contributed by atoms with Crippen molar-refractivity contribution in [3.8, 4) is 0 Å². The van der Waals surface area contributed by atoms with Gasteiger partial charge in [-0.05, 0) is 23.9 Å². The number of carbonyl (C=O) groups excluding carboxylic acids is 3. The van der Waals surface area contributed by atoms with E-state index in [1.165, 1.54) is 5.56 Å². The zero-order valence-corrected chi connectivity index (χ0v) is 17.3. The van der Waals surface area contributed by atoms with Crippen molar-refractivity contribution < 1.29 is 14.4 Å². The van der Waals surface area contributed by atoms with Crippen molar-refractivity contribution in [1.82, 2.24) is 20.4 Å². The third-order valence-corrected chi connectivity index (χ3v) is 5.70. The second kappa shape index (κ2) is 10.2. The molecule has 1 aliphatic heterocycles. The Kier molecular flexibility index (Phi) is 7.37. The van der Waals surface area contributed by atoms with Crippen molar-refractivity contribution in [3.05, 3.63) is 57.8 Å². The Morgan fingerprint density at radius 2 is 1.76 bits per heavy atom. The van der Waals surface area contributed by atoms with E-state index in [0.29, 0.717) is 39.1 Å². The maximum atomic E-state index is 12.5. The van der Waals surface area contributed by atoms with Gasteiger partial charge in [0.2, 0.25) is 11.8 Å². The molecule has 0 radical (unpaired) electrons. The van der Waals surface area contributed by atoms with Crippen LogP contribution in [-0.4, -0.2) is 60.4 Å². The largest absolute Gasteiger partial charge is 0.340 e. The summed E-state index contributed by atoms with van der Waals surface area (Å²) in [6, 6.07) is 11.3. The van der Waals surface area contributed by atoms with Crippen LogP contribution in [-0.2, 0) is 22.6 Å². The quantitative estimate of drug-likeness (QED) is 0.755. The van der Waals surface area contributed by atoms with Gasteiger partial charge in [-0.3, -0.25) is 19.8 Å². The lowest BCUT2D eigenvalue weighted by atomic mass is 10.1. The molecule has 7 nitrogen and oxygen atoms in total. The van der Waals surface area contributed by atoms with E-state index in [1.807, 2.05) is 58.5 Å². The topological polar surface area (TPSA) is 81.8 Å². The lowest BCUT2D eigenvalue weighted by Crippen LogP contribution is -2.52. The van der Waals surface area contributed by atoms with Crippen molar-refractivity contribution in [2.45, 2.75) is 19.9 Å². The molecule has 1 aliphatic rings. The molecule has 29 heavy (non-hydrogen) atoms. The molecule has 1 fully saturated rings. The number of thiophene rings is 1. The number of carbonyl (C=O) groups is 3. The molecule has 1 saturated heterocycles. The van der Waals surface area contributed by atoms with Gasteiger partial charge in [0, 0.05) is 31.1 Å². The van der Waals surface area contributed by atoms with Crippen molar-refractivity contribution in [2.24, 2.45) is 0 Å². The Balaban J connectivity index is 1.35. The molecule has 0 unspecified atom stereocenters. The second-order valence-electron chi connectivity index (χ2n) is 7.13.